The maximum Gasteiger partial charge on any atom is 0.132 e. The molecule has 0 unspecified atom stereocenters. The Morgan fingerprint density at radius 3 is 2.48 bits per heavy atom. The largest absolute Gasteiger partial charge is 0.399 e. The van der Waals surface area contributed by atoms with E-state index in [1.807, 2.05) is 12.1 Å². The number of nitrogens with two attached hydrogens (primary N) is 1. The van der Waals surface area contributed by atoms with Gasteiger partial charge in [-0.2, -0.15) is 0 Å². The van der Waals surface area contributed by atoms with Gasteiger partial charge in [-0.25, -0.2) is 9.97 Å². The summed E-state index contributed by atoms with van der Waals surface area (Å²) in [7, 11) is 0. The summed E-state index contributed by atoms with van der Waals surface area (Å²) in [6.07, 6.45) is 4.85. The Hall–Kier alpha value is -2.10. The zero-order valence-electron chi connectivity index (χ0n) is 12.9. The third-order valence-electron chi connectivity index (χ3n) is 3.39. The van der Waals surface area contributed by atoms with Crippen LogP contribution in [-0.4, -0.2) is 16.5 Å². The monoisotopic (exact) mass is 284 g/mol. The van der Waals surface area contributed by atoms with E-state index >= 15 is 0 Å². The Morgan fingerprint density at radius 1 is 1.05 bits per heavy atom. The summed E-state index contributed by atoms with van der Waals surface area (Å²) >= 11 is 0. The average Bonchev–Trinajstić information content (AvgIpc) is 2.50. The molecule has 0 spiro atoms. The first-order valence-corrected chi connectivity index (χ1v) is 7.63. The van der Waals surface area contributed by atoms with Gasteiger partial charge in [0.15, 0.2) is 0 Å². The van der Waals surface area contributed by atoms with Gasteiger partial charge in [-0.1, -0.05) is 32.4 Å². The highest BCUT2D eigenvalue weighted by Crippen LogP contribution is 2.17. The lowest BCUT2D eigenvalue weighted by molar-refractivity contribution is 0.748. The second kappa shape index (κ2) is 7.62. The molecule has 1 aromatic heterocycles. The molecular formula is C17H24N4. The molecule has 2 N–H and O–H groups in total. The van der Waals surface area contributed by atoms with Crippen LogP contribution in [0.4, 0.5) is 11.5 Å². The standard InChI is InChI=1S/C17H24N4/c1-3-5-16-11-17(20-13-19-16)21(10-4-2)12-14-6-8-15(18)9-7-14/h6-9,11,13H,3-5,10,12,18H2,1-2H3. The summed E-state index contributed by atoms with van der Waals surface area (Å²) < 4.78 is 0. The van der Waals surface area contributed by atoms with Crippen molar-refractivity contribution >= 4 is 11.5 Å². The summed E-state index contributed by atoms with van der Waals surface area (Å²) in [5.41, 5.74) is 8.90. The van der Waals surface area contributed by atoms with Crippen molar-refractivity contribution in [3.05, 3.63) is 47.9 Å². The Balaban J connectivity index is 2.17. The van der Waals surface area contributed by atoms with Gasteiger partial charge in [0.05, 0.1) is 0 Å². The van der Waals surface area contributed by atoms with Crippen LogP contribution in [0.25, 0.3) is 0 Å². The second-order valence-corrected chi connectivity index (χ2v) is 5.28. The molecule has 2 aromatic rings. The molecule has 0 aliphatic rings. The van der Waals surface area contributed by atoms with E-state index in [4.69, 9.17) is 5.73 Å². The van der Waals surface area contributed by atoms with Gasteiger partial charge in [-0.3, -0.25) is 0 Å². The summed E-state index contributed by atoms with van der Waals surface area (Å²) in [4.78, 5) is 11.1. The first kappa shape index (κ1) is 15.3. The summed E-state index contributed by atoms with van der Waals surface area (Å²) in [5.74, 6) is 1.01. The number of hydrogen-bond acceptors (Lipinski definition) is 4. The topological polar surface area (TPSA) is 55.0 Å². The van der Waals surface area contributed by atoms with Gasteiger partial charge in [0.25, 0.3) is 0 Å². The molecule has 4 heteroatoms. The number of anilines is 2. The number of benzene rings is 1. The van der Waals surface area contributed by atoms with Crippen molar-refractivity contribution in [2.45, 2.75) is 39.7 Å². The summed E-state index contributed by atoms with van der Waals surface area (Å²) in [6, 6.07) is 10.2. The van der Waals surface area contributed by atoms with Gasteiger partial charge in [-0.05, 0) is 30.5 Å². The van der Waals surface area contributed by atoms with E-state index in [9.17, 15) is 0 Å². The summed E-state index contributed by atoms with van der Waals surface area (Å²) in [6.45, 7) is 6.17. The normalized spacial score (nSPS) is 10.6. The van der Waals surface area contributed by atoms with Crippen LogP contribution in [0.5, 0.6) is 0 Å². The molecule has 0 aliphatic heterocycles. The van der Waals surface area contributed by atoms with E-state index < -0.39 is 0 Å². The van der Waals surface area contributed by atoms with Crippen molar-refractivity contribution in [1.29, 1.82) is 0 Å². The number of aryl methyl sites for hydroxylation is 1. The SMILES string of the molecule is CCCc1cc(N(CCC)Cc2ccc(N)cc2)ncn1. The molecule has 21 heavy (non-hydrogen) atoms. The fourth-order valence-corrected chi connectivity index (χ4v) is 2.34. The lowest BCUT2D eigenvalue weighted by Gasteiger charge is -2.23. The third kappa shape index (κ3) is 4.45. The van der Waals surface area contributed by atoms with Crippen LogP contribution >= 0.6 is 0 Å². The molecule has 2 rings (SSSR count). The lowest BCUT2D eigenvalue weighted by atomic mass is 10.2. The predicted octanol–water partition coefficient (Wildman–Crippen LogP) is 3.43. The van der Waals surface area contributed by atoms with Crippen molar-refractivity contribution in [2.24, 2.45) is 0 Å². The number of nitrogens with zero attached hydrogens (tertiary/aromatic N) is 3. The van der Waals surface area contributed by atoms with Crippen molar-refractivity contribution in [3.63, 3.8) is 0 Å². The maximum absolute atomic E-state index is 5.75. The van der Waals surface area contributed by atoms with Gasteiger partial charge in [0.2, 0.25) is 0 Å². The number of nitrogen functional groups attached to an aromatic ring is 1. The zero-order valence-corrected chi connectivity index (χ0v) is 12.9. The van der Waals surface area contributed by atoms with E-state index in [1.54, 1.807) is 6.33 Å². The van der Waals surface area contributed by atoms with Gasteiger partial charge < -0.3 is 10.6 Å². The Labute approximate surface area is 127 Å². The molecule has 0 bridgehead atoms. The molecular weight excluding hydrogens is 260 g/mol. The van der Waals surface area contributed by atoms with Gasteiger partial charge in [-0.15, -0.1) is 0 Å². The van der Waals surface area contributed by atoms with Crippen LogP contribution in [0.2, 0.25) is 0 Å². The third-order valence-corrected chi connectivity index (χ3v) is 3.39. The minimum atomic E-state index is 0.799. The molecule has 4 nitrogen and oxygen atoms in total. The van der Waals surface area contributed by atoms with Gasteiger partial charge in [0.1, 0.15) is 12.1 Å². The first-order chi connectivity index (χ1) is 10.2. The first-order valence-electron chi connectivity index (χ1n) is 7.63. The molecule has 0 aliphatic carbocycles. The smallest absolute Gasteiger partial charge is 0.132 e. The number of aromatic nitrogens is 2. The average molecular weight is 284 g/mol. The molecule has 1 heterocycles. The lowest BCUT2D eigenvalue weighted by Crippen LogP contribution is -2.24. The van der Waals surface area contributed by atoms with Crippen LogP contribution in [0.3, 0.4) is 0 Å². The number of rotatable bonds is 7. The molecule has 0 saturated heterocycles. The fraction of sp³-hybridized carbons (Fsp3) is 0.412. The van der Waals surface area contributed by atoms with Crippen molar-refractivity contribution in [2.75, 3.05) is 17.2 Å². The van der Waals surface area contributed by atoms with Crippen LogP contribution in [0.1, 0.15) is 37.9 Å². The highest BCUT2D eigenvalue weighted by molar-refractivity contribution is 5.43. The molecule has 0 atom stereocenters. The van der Waals surface area contributed by atoms with Crippen molar-refractivity contribution in [3.8, 4) is 0 Å². The van der Waals surface area contributed by atoms with Crippen molar-refractivity contribution in [1.82, 2.24) is 9.97 Å². The van der Waals surface area contributed by atoms with E-state index in [2.05, 4.69) is 46.9 Å². The molecule has 0 fully saturated rings. The van der Waals surface area contributed by atoms with Crippen LogP contribution in [-0.2, 0) is 13.0 Å². The van der Waals surface area contributed by atoms with Gasteiger partial charge >= 0.3 is 0 Å². The Kier molecular flexibility index (Phi) is 5.55. The van der Waals surface area contributed by atoms with E-state index in [0.717, 1.165) is 49.6 Å². The van der Waals surface area contributed by atoms with Crippen molar-refractivity contribution < 1.29 is 0 Å². The Bertz CT molecular complexity index is 551. The van der Waals surface area contributed by atoms with Crippen LogP contribution < -0.4 is 10.6 Å². The minimum Gasteiger partial charge on any atom is -0.399 e. The Morgan fingerprint density at radius 2 is 1.81 bits per heavy atom. The molecule has 0 amide bonds. The van der Waals surface area contributed by atoms with Gasteiger partial charge in [0, 0.05) is 30.5 Å². The second-order valence-electron chi connectivity index (χ2n) is 5.28. The quantitative estimate of drug-likeness (QED) is 0.791. The maximum atomic E-state index is 5.75. The van der Waals surface area contributed by atoms with Crippen LogP contribution in [0.15, 0.2) is 36.7 Å². The zero-order chi connectivity index (χ0) is 15.1. The molecule has 112 valence electrons. The minimum absolute atomic E-state index is 0.799. The molecule has 0 radical (unpaired) electrons. The highest BCUT2D eigenvalue weighted by atomic mass is 15.2. The number of hydrogen-bond donors (Lipinski definition) is 1. The molecule has 0 saturated carbocycles. The van der Waals surface area contributed by atoms with Crippen LogP contribution in [0, 0.1) is 0 Å². The predicted molar refractivity (Wildman–Crippen MR) is 88.2 cm³/mol. The van der Waals surface area contributed by atoms with E-state index in [0.29, 0.717) is 0 Å². The molecule has 1 aromatic carbocycles. The highest BCUT2D eigenvalue weighted by Gasteiger charge is 2.09. The van der Waals surface area contributed by atoms with E-state index in [-0.39, 0.29) is 0 Å². The van der Waals surface area contributed by atoms with E-state index in [1.165, 1.54) is 5.56 Å². The summed E-state index contributed by atoms with van der Waals surface area (Å²) in [5, 5.41) is 0. The fourth-order valence-electron chi connectivity index (χ4n) is 2.34.